The summed E-state index contributed by atoms with van der Waals surface area (Å²) in [5.74, 6) is 0.738. The number of aromatic nitrogens is 2. The molecule has 1 unspecified atom stereocenters. The van der Waals surface area contributed by atoms with Crippen molar-refractivity contribution in [3.05, 3.63) is 46.0 Å². The van der Waals surface area contributed by atoms with Crippen molar-refractivity contribution in [1.82, 2.24) is 9.13 Å². The van der Waals surface area contributed by atoms with E-state index < -0.39 is 0 Å². The highest BCUT2D eigenvalue weighted by atomic mass is 16.5. The molecule has 0 spiro atoms. The third kappa shape index (κ3) is 1.89. The summed E-state index contributed by atoms with van der Waals surface area (Å²) >= 11 is 0. The molecule has 1 aliphatic rings. The van der Waals surface area contributed by atoms with Crippen molar-refractivity contribution in [3.63, 3.8) is 0 Å². The van der Waals surface area contributed by atoms with E-state index in [9.17, 15) is 9.90 Å². The third-order valence-electron chi connectivity index (χ3n) is 3.57. The average molecular weight is 276 g/mol. The van der Waals surface area contributed by atoms with E-state index in [4.69, 9.17) is 9.47 Å². The first-order valence-electron chi connectivity index (χ1n) is 6.39. The summed E-state index contributed by atoms with van der Waals surface area (Å²) in [5, 5.41) is 10.1. The van der Waals surface area contributed by atoms with Crippen LogP contribution in [0.4, 0.5) is 0 Å². The molecule has 0 fully saturated rings. The number of rotatable bonds is 3. The van der Waals surface area contributed by atoms with Crippen LogP contribution in [0.1, 0.15) is 24.4 Å². The molecule has 1 N–H and O–H groups in total. The molecule has 0 aliphatic carbocycles. The number of ether oxygens (including phenoxy) is 2. The summed E-state index contributed by atoms with van der Waals surface area (Å²) in [5.41, 5.74) is 1.20. The highest BCUT2D eigenvalue weighted by Crippen LogP contribution is 2.28. The minimum absolute atomic E-state index is 0.0184. The molecule has 2 heterocycles. The van der Waals surface area contributed by atoms with Gasteiger partial charge in [0, 0.05) is 0 Å². The number of imidazole rings is 1. The molecule has 2 aromatic rings. The number of methoxy groups -OCH3 is 1. The summed E-state index contributed by atoms with van der Waals surface area (Å²) < 4.78 is 13.3. The molecular weight excluding hydrogens is 260 g/mol. The van der Waals surface area contributed by atoms with Gasteiger partial charge in [-0.2, -0.15) is 0 Å². The zero-order valence-electron chi connectivity index (χ0n) is 11.4. The number of nitrogens with zero attached hydrogens (tertiary/aromatic N) is 2. The Balaban J connectivity index is 1.95. The Bertz CT molecular complexity index is 684. The lowest BCUT2D eigenvalue weighted by molar-refractivity contribution is 0.0431. The summed E-state index contributed by atoms with van der Waals surface area (Å²) in [6.45, 7) is 2.37. The van der Waals surface area contributed by atoms with Gasteiger partial charge in [0.2, 0.25) is 5.88 Å². The third-order valence-corrected chi connectivity index (χ3v) is 3.57. The maximum absolute atomic E-state index is 12.3. The van der Waals surface area contributed by atoms with Crippen molar-refractivity contribution < 1.29 is 14.6 Å². The van der Waals surface area contributed by atoms with E-state index >= 15 is 0 Å². The molecule has 0 saturated carbocycles. The fourth-order valence-corrected chi connectivity index (χ4v) is 2.44. The summed E-state index contributed by atoms with van der Waals surface area (Å²) in [6.07, 6.45) is -0.333. The molecule has 6 nitrogen and oxygen atoms in total. The molecule has 3 rings (SSSR count). The maximum Gasteiger partial charge on any atom is 0.333 e. The second-order valence-electron chi connectivity index (χ2n) is 4.77. The quantitative estimate of drug-likeness (QED) is 0.921. The van der Waals surface area contributed by atoms with E-state index in [0.29, 0.717) is 12.2 Å². The minimum Gasteiger partial charge on any atom is -0.497 e. The van der Waals surface area contributed by atoms with Gasteiger partial charge in [-0.25, -0.2) is 4.79 Å². The molecule has 1 aliphatic heterocycles. The largest absolute Gasteiger partial charge is 0.497 e. The predicted molar refractivity (Wildman–Crippen MR) is 72.0 cm³/mol. The van der Waals surface area contributed by atoms with Gasteiger partial charge in [0.05, 0.1) is 20.3 Å². The standard InChI is InChI=1S/C14H16N2O4/c1-9-16-12(8-20-9)13(17)15(14(16)18)7-10-3-5-11(19-2)6-4-10/h3-6,9,17H,7-8H2,1-2H3. The molecule has 0 amide bonds. The molecule has 0 bridgehead atoms. The van der Waals surface area contributed by atoms with Gasteiger partial charge in [0.15, 0.2) is 0 Å². The topological polar surface area (TPSA) is 65.6 Å². The average Bonchev–Trinajstić information content (AvgIpc) is 2.95. The fourth-order valence-electron chi connectivity index (χ4n) is 2.44. The molecule has 0 saturated heterocycles. The zero-order chi connectivity index (χ0) is 14.3. The van der Waals surface area contributed by atoms with Crippen LogP contribution < -0.4 is 10.4 Å². The molecule has 20 heavy (non-hydrogen) atoms. The van der Waals surface area contributed by atoms with E-state index in [0.717, 1.165) is 11.3 Å². The second-order valence-corrected chi connectivity index (χ2v) is 4.77. The van der Waals surface area contributed by atoms with Crippen molar-refractivity contribution >= 4 is 0 Å². The lowest BCUT2D eigenvalue weighted by Crippen LogP contribution is -2.26. The summed E-state index contributed by atoms with van der Waals surface area (Å²) in [6, 6.07) is 7.39. The Labute approximate surface area is 115 Å². The first kappa shape index (κ1) is 12.8. The number of fused-ring (bicyclic) bond motifs is 1. The fraction of sp³-hybridized carbons (Fsp3) is 0.357. The van der Waals surface area contributed by atoms with Gasteiger partial charge in [-0.3, -0.25) is 9.13 Å². The molecule has 1 atom stereocenters. The normalized spacial score (nSPS) is 17.2. The van der Waals surface area contributed by atoms with Crippen LogP contribution in [-0.4, -0.2) is 21.4 Å². The van der Waals surface area contributed by atoms with E-state index in [1.807, 2.05) is 24.3 Å². The Morgan fingerprint density at radius 1 is 1.40 bits per heavy atom. The summed E-state index contributed by atoms with van der Waals surface area (Å²) in [7, 11) is 1.60. The Kier molecular flexibility index (Phi) is 3.02. The smallest absolute Gasteiger partial charge is 0.333 e. The number of aromatic hydroxyl groups is 1. The molecule has 106 valence electrons. The maximum atomic E-state index is 12.3. The van der Waals surface area contributed by atoms with Crippen LogP contribution >= 0.6 is 0 Å². The zero-order valence-corrected chi connectivity index (χ0v) is 11.4. The first-order chi connectivity index (χ1) is 9.61. The van der Waals surface area contributed by atoms with Gasteiger partial charge in [-0.15, -0.1) is 0 Å². The van der Waals surface area contributed by atoms with Crippen LogP contribution in [-0.2, 0) is 17.9 Å². The van der Waals surface area contributed by atoms with E-state index in [-0.39, 0.29) is 24.4 Å². The molecule has 0 radical (unpaired) electrons. The summed E-state index contributed by atoms with van der Waals surface area (Å²) in [4.78, 5) is 12.3. The van der Waals surface area contributed by atoms with Crippen molar-refractivity contribution in [3.8, 4) is 11.6 Å². The molecule has 1 aromatic heterocycles. The van der Waals surface area contributed by atoms with Gasteiger partial charge in [0.25, 0.3) is 0 Å². The van der Waals surface area contributed by atoms with Crippen LogP contribution in [0.5, 0.6) is 11.6 Å². The van der Waals surface area contributed by atoms with Gasteiger partial charge in [-0.1, -0.05) is 12.1 Å². The molecule has 1 aromatic carbocycles. The van der Waals surface area contributed by atoms with Crippen molar-refractivity contribution in [2.45, 2.75) is 26.3 Å². The SMILES string of the molecule is COc1ccc(Cn2c(O)c3n(c2=O)C(C)OC3)cc1. The lowest BCUT2D eigenvalue weighted by Gasteiger charge is -2.07. The van der Waals surface area contributed by atoms with E-state index in [1.165, 1.54) is 9.13 Å². The van der Waals surface area contributed by atoms with Crippen molar-refractivity contribution in [1.29, 1.82) is 0 Å². The second kappa shape index (κ2) is 4.72. The van der Waals surface area contributed by atoms with Gasteiger partial charge >= 0.3 is 5.69 Å². The Morgan fingerprint density at radius 3 is 2.70 bits per heavy atom. The highest BCUT2D eigenvalue weighted by Gasteiger charge is 2.28. The van der Waals surface area contributed by atoms with Crippen molar-refractivity contribution in [2.24, 2.45) is 0 Å². The molecular formula is C14H16N2O4. The van der Waals surface area contributed by atoms with Crippen LogP contribution in [0.15, 0.2) is 29.1 Å². The Morgan fingerprint density at radius 2 is 2.10 bits per heavy atom. The van der Waals surface area contributed by atoms with Gasteiger partial charge in [0.1, 0.15) is 17.7 Å². The van der Waals surface area contributed by atoms with Crippen LogP contribution in [0.2, 0.25) is 0 Å². The molecule has 6 heteroatoms. The van der Waals surface area contributed by atoms with E-state index in [1.54, 1.807) is 14.0 Å². The van der Waals surface area contributed by atoms with Gasteiger partial charge in [-0.05, 0) is 24.6 Å². The van der Waals surface area contributed by atoms with Crippen molar-refractivity contribution in [2.75, 3.05) is 7.11 Å². The lowest BCUT2D eigenvalue weighted by atomic mass is 10.2. The number of benzene rings is 1. The predicted octanol–water partition coefficient (Wildman–Crippen LogP) is 1.46. The Hall–Kier alpha value is -2.21. The van der Waals surface area contributed by atoms with Crippen LogP contribution in [0, 0.1) is 0 Å². The number of hydrogen-bond acceptors (Lipinski definition) is 4. The number of hydrogen-bond donors (Lipinski definition) is 1. The van der Waals surface area contributed by atoms with Gasteiger partial charge < -0.3 is 14.6 Å². The van der Waals surface area contributed by atoms with Crippen LogP contribution in [0.25, 0.3) is 0 Å². The minimum atomic E-state index is -0.333. The first-order valence-corrected chi connectivity index (χ1v) is 6.39. The monoisotopic (exact) mass is 276 g/mol. The highest BCUT2D eigenvalue weighted by molar-refractivity contribution is 5.29. The van der Waals surface area contributed by atoms with Crippen LogP contribution in [0.3, 0.4) is 0 Å². The van der Waals surface area contributed by atoms with E-state index in [2.05, 4.69) is 0 Å².